The van der Waals surface area contributed by atoms with Gasteiger partial charge in [0.25, 0.3) is 0 Å². The number of pyridine rings is 1. The summed E-state index contributed by atoms with van der Waals surface area (Å²) >= 11 is 3.44. The van der Waals surface area contributed by atoms with Crippen LogP contribution < -0.4 is 5.73 Å². The summed E-state index contributed by atoms with van der Waals surface area (Å²) in [6.45, 7) is 2.10. The second-order valence-corrected chi connectivity index (χ2v) is 3.69. The number of aromatic nitrogens is 1. The van der Waals surface area contributed by atoms with Crippen molar-refractivity contribution < 1.29 is 0 Å². The van der Waals surface area contributed by atoms with Gasteiger partial charge in [-0.05, 0) is 40.4 Å². The van der Waals surface area contributed by atoms with Gasteiger partial charge in [-0.2, -0.15) is 0 Å². The minimum atomic E-state index is 0. The highest BCUT2D eigenvalue weighted by Crippen LogP contribution is 2.16. The van der Waals surface area contributed by atoms with Crippen molar-refractivity contribution in [3.63, 3.8) is 0 Å². The van der Waals surface area contributed by atoms with Crippen LogP contribution in [0.15, 0.2) is 22.9 Å². The van der Waals surface area contributed by atoms with Gasteiger partial charge in [0.15, 0.2) is 0 Å². The summed E-state index contributed by atoms with van der Waals surface area (Å²) in [5.74, 6) is 0. The molecule has 0 aromatic carbocycles. The van der Waals surface area contributed by atoms with Crippen LogP contribution in [-0.2, 0) is 6.42 Å². The lowest BCUT2D eigenvalue weighted by molar-refractivity contribution is 0.644. The average molecular weight is 266 g/mol. The van der Waals surface area contributed by atoms with Gasteiger partial charge in [-0.25, -0.2) is 0 Å². The minimum absolute atomic E-state index is 0. The molecule has 1 heterocycles. The van der Waals surface area contributed by atoms with Crippen molar-refractivity contribution in [3.8, 4) is 0 Å². The van der Waals surface area contributed by atoms with E-state index in [1.807, 2.05) is 6.07 Å². The van der Waals surface area contributed by atoms with Crippen LogP contribution in [0.1, 0.15) is 18.9 Å². The zero-order chi connectivity index (χ0) is 8.97. The molecule has 1 unspecified atom stereocenters. The van der Waals surface area contributed by atoms with E-state index in [0.29, 0.717) is 0 Å². The third-order valence-corrected chi connectivity index (χ3v) is 2.58. The van der Waals surface area contributed by atoms with Crippen molar-refractivity contribution in [1.29, 1.82) is 0 Å². The van der Waals surface area contributed by atoms with Gasteiger partial charge in [0.05, 0.1) is 0 Å². The smallest absolute Gasteiger partial charge is 0.0412 e. The molecule has 0 aliphatic carbocycles. The van der Waals surface area contributed by atoms with Crippen LogP contribution in [0.3, 0.4) is 0 Å². The van der Waals surface area contributed by atoms with Gasteiger partial charge in [-0.3, -0.25) is 4.98 Å². The molecule has 74 valence electrons. The van der Waals surface area contributed by atoms with Gasteiger partial charge in [-0.15, -0.1) is 12.4 Å². The Morgan fingerprint density at radius 2 is 2.31 bits per heavy atom. The molecule has 0 aliphatic rings. The van der Waals surface area contributed by atoms with Crippen LogP contribution in [0.5, 0.6) is 0 Å². The molecule has 0 radical (unpaired) electrons. The summed E-state index contributed by atoms with van der Waals surface area (Å²) in [7, 11) is 0. The van der Waals surface area contributed by atoms with E-state index >= 15 is 0 Å². The first-order chi connectivity index (χ1) is 5.74. The molecule has 0 bridgehead atoms. The van der Waals surface area contributed by atoms with Crippen molar-refractivity contribution >= 4 is 28.3 Å². The lowest BCUT2D eigenvalue weighted by atomic mass is 10.1. The minimum Gasteiger partial charge on any atom is -0.327 e. The fraction of sp³-hybridized carbons (Fsp3) is 0.444. The summed E-state index contributed by atoms with van der Waals surface area (Å²) in [6.07, 6.45) is 5.52. The van der Waals surface area contributed by atoms with Crippen molar-refractivity contribution in [3.05, 3.63) is 28.5 Å². The van der Waals surface area contributed by atoms with Gasteiger partial charge in [0.2, 0.25) is 0 Å². The molecule has 1 aromatic rings. The molecule has 2 nitrogen and oxygen atoms in total. The molecule has 1 rings (SSSR count). The first-order valence-corrected chi connectivity index (χ1v) is 4.87. The molecule has 0 saturated heterocycles. The van der Waals surface area contributed by atoms with E-state index in [-0.39, 0.29) is 18.4 Å². The number of nitrogens with zero attached hydrogens (tertiary/aromatic N) is 1. The number of hydrogen-bond donors (Lipinski definition) is 1. The molecular weight excluding hydrogens is 251 g/mol. The summed E-state index contributed by atoms with van der Waals surface area (Å²) in [5, 5.41) is 0. The van der Waals surface area contributed by atoms with E-state index in [0.717, 1.165) is 17.3 Å². The highest BCUT2D eigenvalue weighted by atomic mass is 79.9. The summed E-state index contributed by atoms with van der Waals surface area (Å²) in [4.78, 5) is 3.99. The van der Waals surface area contributed by atoms with Gasteiger partial charge in [0, 0.05) is 22.9 Å². The van der Waals surface area contributed by atoms with Gasteiger partial charge >= 0.3 is 0 Å². The van der Waals surface area contributed by atoms with Crippen LogP contribution in [0.25, 0.3) is 0 Å². The van der Waals surface area contributed by atoms with Crippen molar-refractivity contribution in [2.75, 3.05) is 0 Å². The number of nitrogens with two attached hydrogens (primary N) is 1. The average Bonchev–Trinajstić information content (AvgIpc) is 2.09. The van der Waals surface area contributed by atoms with Crippen LogP contribution in [0, 0.1) is 0 Å². The van der Waals surface area contributed by atoms with E-state index in [9.17, 15) is 0 Å². The summed E-state index contributed by atoms with van der Waals surface area (Å²) in [5.41, 5.74) is 7.07. The Morgan fingerprint density at radius 1 is 1.62 bits per heavy atom. The third-order valence-electron chi connectivity index (χ3n) is 1.86. The Labute approximate surface area is 93.5 Å². The molecule has 0 fully saturated rings. The first kappa shape index (κ1) is 12.9. The molecule has 4 heteroatoms. The molecule has 1 atom stereocenters. The monoisotopic (exact) mass is 264 g/mol. The number of halogens is 2. The Bertz CT molecular complexity index is 255. The van der Waals surface area contributed by atoms with E-state index in [4.69, 9.17) is 5.73 Å². The summed E-state index contributed by atoms with van der Waals surface area (Å²) in [6, 6.07) is 2.25. The summed E-state index contributed by atoms with van der Waals surface area (Å²) < 4.78 is 1.05. The first-order valence-electron chi connectivity index (χ1n) is 4.08. The second kappa shape index (κ2) is 6.35. The van der Waals surface area contributed by atoms with Crippen molar-refractivity contribution in [2.45, 2.75) is 25.8 Å². The van der Waals surface area contributed by atoms with E-state index < -0.39 is 0 Å². The van der Waals surface area contributed by atoms with Gasteiger partial charge < -0.3 is 5.73 Å². The second-order valence-electron chi connectivity index (χ2n) is 2.84. The SMILES string of the molecule is CCC(N)Cc1ccncc1Br.Cl. The molecule has 0 saturated carbocycles. The fourth-order valence-electron chi connectivity index (χ4n) is 0.996. The molecular formula is C9H14BrClN2. The zero-order valence-electron chi connectivity index (χ0n) is 7.53. The van der Waals surface area contributed by atoms with Gasteiger partial charge in [-0.1, -0.05) is 6.92 Å². The number of hydrogen-bond acceptors (Lipinski definition) is 2. The molecule has 2 N–H and O–H groups in total. The maximum absolute atomic E-state index is 5.83. The Hall–Kier alpha value is -0.120. The largest absolute Gasteiger partial charge is 0.327 e. The molecule has 0 amide bonds. The zero-order valence-corrected chi connectivity index (χ0v) is 9.94. The Morgan fingerprint density at radius 3 is 2.85 bits per heavy atom. The molecule has 13 heavy (non-hydrogen) atoms. The van der Waals surface area contributed by atoms with Gasteiger partial charge in [0.1, 0.15) is 0 Å². The lowest BCUT2D eigenvalue weighted by Gasteiger charge is -2.09. The van der Waals surface area contributed by atoms with E-state index in [1.165, 1.54) is 5.56 Å². The van der Waals surface area contributed by atoms with Crippen molar-refractivity contribution in [1.82, 2.24) is 4.98 Å². The normalized spacial score (nSPS) is 11.9. The predicted molar refractivity (Wildman–Crippen MR) is 61.2 cm³/mol. The molecule has 0 aliphatic heterocycles. The van der Waals surface area contributed by atoms with Crippen LogP contribution >= 0.6 is 28.3 Å². The highest BCUT2D eigenvalue weighted by molar-refractivity contribution is 9.10. The maximum atomic E-state index is 5.83. The van der Waals surface area contributed by atoms with E-state index in [2.05, 4.69) is 27.8 Å². The van der Waals surface area contributed by atoms with Crippen LogP contribution in [0.4, 0.5) is 0 Å². The maximum Gasteiger partial charge on any atom is 0.0412 e. The van der Waals surface area contributed by atoms with E-state index in [1.54, 1.807) is 12.4 Å². The predicted octanol–water partition coefficient (Wildman–Crippen LogP) is 2.55. The number of rotatable bonds is 3. The lowest BCUT2D eigenvalue weighted by Crippen LogP contribution is -2.21. The molecule has 1 aromatic heterocycles. The van der Waals surface area contributed by atoms with Crippen molar-refractivity contribution in [2.24, 2.45) is 5.73 Å². The fourth-order valence-corrected chi connectivity index (χ4v) is 1.41. The highest BCUT2D eigenvalue weighted by Gasteiger charge is 2.03. The van der Waals surface area contributed by atoms with Crippen LogP contribution in [-0.4, -0.2) is 11.0 Å². The van der Waals surface area contributed by atoms with Crippen LogP contribution in [0.2, 0.25) is 0 Å². The topological polar surface area (TPSA) is 38.9 Å². The third kappa shape index (κ3) is 4.07. The molecule has 0 spiro atoms. The standard InChI is InChI=1S/C9H13BrN2.ClH/c1-2-8(11)5-7-3-4-12-6-9(7)10;/h3-4,6,8H,2,5,11H2,1H3;1H. The quantitative estimate of drug-likeness (QED) is 0.912. The Kier molecular flexibility index (Phi) is 6.29. The Balaban J connectivity index is 0.00000144.